The van der Waals surface area contributed by atoms with Gasteiger partial charge in [0.25, 0.3) is 5.92 Å². The molecule has 0 aliphatic carbocycles. The fourth-order valence-corrected chi connectivity index (χ4v) is 5.11. The molecule has 2 aromatic carbocycles. The summed E-state index contributed by atoms with van der Waals surface area (Å²) < 4.78 is 95.6. The molecule has 7 nitrogen and oxygen atoms in total. The minimum atomic E-state index is -4.92. The van der Waals surface area contributed by atoms with Crippen molar-refractivity contribution in [3.8, 4) is 5.75 Å². The average Bonchev–Trinajstić information content (AvgIpc) is 2.82. The molecule has 0 saturated carbocycles. The highest BCUT2D eigenvalue weighted by atomic mass is 32.2. The van der Waals surface area contributed by atoms with Gasteiger partial charge in [-0.15, -0.1) is 13.2 Å². The zero-order chi connectivity index (χ0) is 25.9. The summed E-state index contributed by atoms with van der Waals surface area (Å²) in [7, 11) is -4.21. The summed E-state index contributed by atoms with van der Waals surface area (Å²) in [4.78, 5) is 12.5. The molecule has 1 saturated heterocycles. The van der Waals surface area contributed by atoms with E-state index in [1.54, 1.807) is 0 Å². The first-order valence-electron chi connectivity index (χ1n) is 10.7. The fraction of sp³-hybridized carbons (Fsp3) is 0.409. The summed E-state index contributed by atoms with van der Waals surface area (Å²) in [5.74, 6) is -4.14. The third kappa shape index (κ3) is 6.67. The van der Waals surface area contributed by atoms with E-state index in [9.17, 15) is 35.2 Å². The van der Waals surface area contributed by atoms with Gasteiger partial charge in [0, 0.05) is 38.2 Å². The Morgan fingerprint density at radius 1 is 1.09 bits per heavy atom. The largest absolute Gasteiger partial charge is 0.573 e. The number of amides is 1. The molecule has 2 aromatic rings. The zero-order valence-corrected chi connectivity index (χ0v) is 19.4. The highest BCUT2D eigenvalue weighted by Gasteiger charge is 2.38. The van der Waals surface area contributed by atoms with Gasteiger partial charge < -0.3 is 15.4 Å². The van der Waals surface area contributed by atoms with Gasteiger partial charge >= 0.3 is 6.36 Å². The molecule has 0 radical (unpaired) electrons. The second-order valence-corrected chi connectivity index (χ2v) is 9.72. The van der Waals surface area contributed by atoms with Crippen LogP contribution in [0.5, 0.6) is 5.75 Å². The molecule has 1 atom stereocenters. The Bertz CT molecular complexity index is 1120. The van der Waals surface area contributed by atoms with Gasteiger partial charge in [-0.1, -0.05) is 31.2 Å². The number of hydrogen-bond acceptors (Lipinski definition) is 5. The van der Waals surface area contributed by atoms with E-state index in [1.165, 1.54) is 31.2 Å². The van der Waals surface area contributed by atoms with Crippen molar-refractivity contribution in [1.82, 2.24) is 14.9 Å². The van der Waals surface area contributed by atoms with E-state index in [2.05, 4.69) is 15.4 Å². The first kappa shape index (κ1) is 26.8. The van der Waals surface area contributed by atoms with Crippen LogP contribution in [0.25, 0.3) is 0 Å². The Hall–Kier alpha value is -2.77. The first-order chi connectivity index (χ1) is 16.3. The molecule has 3 rings (SSSR count). The lowest BCUT2D eigenvalue weighted by atomic mass is 10.0. The zero-order valence-electron chi connectivity index (χ0n) is 18.6. The van der Waals surface area contributed by atoms with Crippen LogP contribution in [0.2, 0.25) is 0 Å². The van der Waals surface area contributed by atoms with Crippen LogP contribution in [-0.4, -0.2) is 50.7 Å². The van der Waals surface area contributed by atoms with Crippen LogP contribution in [0.3, 0.4) is 0 Å². The van der Waals surface area contributed by atoms with Gasteiger partial charge in [0.1, 0.15) is 11.8 Å². The minimum Gasteiger partial charge on any atom is -0.406 e. The van der Waals surface area contributed by atoms with Crippen LogP contribution >= 0.6 is 0 Å². The highest BCUT2D eigenvalue weighted by molar-refractivity contribution is 7.89. The van der Waals surface area contributed by atoms with Gasteiger partial charge in [0.15, 0.2) is 0 Å². The van der Waals surface area contributed by atoms with Gasteiger partial charge in [-0.3, -0.25) is 4.79 Å². The number of sulfonamides is 1. The van der Waals surface area contributed by atoms with E-state index < -0.39 is 40.0 Å². The van der Waals surface area contributed by atoms with E-state index in [-0.39, 0.29) is 43.1 Å². The van der Waals surface area contributed by atoms with Crippen LogP contribution in [0.1, 0.15) is 24.5 Å². The van der Waals surface area contributed by atoms with Crippen molar-refractivity contribution < 1.29 is 39.9 Å². The quantitative estimate of drug-likeness (QED) is 0.521. The van der Waals surface area contributed by atoms with Crippen molar-refractivity contribution in [2.45, 2.75) is 43.1 Å². The molecule has 1 fully saturated rings. The SMILES string of the molecule is CCC(F)(F)c1ccc(CNC(=O)C2CNCCN2S(=O)(=O)c2ccc(OC(F)(F)F)cc2)cc1. The summed E-state index contributed by atoms with van der Waals surface area (Å²) >= 11 is 0. The molecule has 1 aliphatic heterocycles. The maximum atomic E-state index is 13.8. The van der Waals surface area contributed by atoms with Gasteiger partial charge in [-0.05, 0) is 29.8 Å². The molecule has 192 valence electrons. The summed E-state index contributed by atoms with van der Waals surface area (Å²) in [6.45, 7) is 1.61. The van der Waals surface area contributed by atoms with E-state index in [4.69, 9.17) is 0 Å². The predicted octanol–water partition coefficient (Wildman–Crippen LogP) is 3.37. The van der Waals surface area contributed by atoms with Crippen molar-refractivity contribution in [2.75, 3.05) is 19.6 Å². The van der Waals surface area contributed by atoms with Gasteiger partial charge in [0.05, 0.1) is 4.90 Å². The number of nitrogens with one attached hydrogen (secondary N) is 2. The molecule has 1 unspecified atom stereocenters. The number of hydrogen-bond donors (Lipinski definition) is 2. The second kappa shape index (κ2) is 10.5. The smallest absolute Gasteiger partial charge is 0.406 e. The molecular formula is C22H24F5N3O4S. The summed E-state index contributed by atoms with van der Waals surface area (Å²) in [5, 5.41) is 5.55. The molecule has 0 bridgehead atoms. The van der Waals surface area contributed by atoms with E-state index >= 15 is 0 Å². The second-order valence-electron chi connectivity index (χ2n) is 7.83. The number of rotatable bonds is 8. The Labute approximate surface area is 199 Å². The molecule has 1 aliphatic rings. The number of alkyl halides is 5. The van der Waals surface area contributed by atoms with Crippen LogP contribution in [0, 0.1) is 0 Å². The normalized spacial score (nSPS) is 17.7. The Balaban J connectivity index is 1.70. The number of halogens is 5. The van der Waals surface area contributed by atoms with E-state index in [1.807, 2.05) is 0 Å². The van der Waals surface area contributed by atoms with Crippen molar-refractivity contribution in [2.24, 2.45) is 0 Å². The maximum Gasteiger partial charge on any atom is 0.573 e. The summed E-state index contributed by atoms with van der Waals surface area (Å²) in [6.07, 6.45) is -5.26. The topological polar surface area (TPSA) is 87.7 Å². The summed E-state index contributed by atoms with van der Waals surface area (Å²) in [5.41, 5.74) is 0.405. The molecule has 0 aromatic heterocycles. The standard InChI is InChI=1S/C22H24F5N3O4S/c1-2-21(23,24)16-5-3-15(4-6-16)13-29-20(31)19-14-28-11-12-30(19)35(32,33)18-9-7-17(8-10-18)34-22(25,26)27/h3-10,19,28H,2,11-14H2,1H3,(H,29,31). The number of nitrogens with zero attached hydrogens (tertiary/aromatic N) is 1. The minimum absolute atomic E-state index is 0.00925. The number of ether oxygens (including phenoxy) is 1. The first-order valence-corrected chi connectivity index (χ1v) is 12.1. The molecule has 1 amide bonds. The van der Waals surface area contributed by atoms with Crippen molar-refractivity contribution in [1.29, 1.82) is 0 Å². The molecule has 13 heteroatoms. The number of carbonyl (C=O) groups is 1. The maximum absolute atomic E-state index is 13.8. The number of piperazine rings is 1. The van der Waals surface area contributed by atoms with Crippen LogP contribution in [0.4, 0.5) is 22.0 Å². The molecule has 0 spiro atoms. The Morgan fingerprint density at radius 3 is 2.29 bits per heavy atom. The Morgan fingerprint density at radius 2 is 1.71 bits per heavy atom. The van der Waals surface area contributed by atoms with Crippen LogP contribution in [0.15, 0.2) is 53.4 Å². The number of benzene rings is 2. The van der Waals surface area contributed by atoms with Gasteiger partial charge in [0.2, 0.25) is 15.9 Å². The molecule has 2 N–H and O–H groups in total. The van der Waals surface area contributed by atoms with Crippen LogP contribution in [-0.2, 0) is 27.3 Å². The Kier molecular flexibility index (Phi) is 8.02. The molecule has 1 heterocycles. The molecule has 35 heavy (non-hydrogen) atoms. The fourth-order valence-electron chi connectivity index (χ4n) is 3.52. The van der Waals surface area contributed by atoms with E-state index in [0.29, 0.717) is 5.56 Å². The lowest BCUT2D eigenvalue weighted by Crippen LogP contribution is -2.59. The predicted molar refractivity (Wildman–Crippen MR) is 116 cm³/mol. The monoisotopic (exact) mass is 521 g/mol. The third-order valence-electron chi connectivity index (χ3n) is 5.45. The van der Waals surface area contributed by atoms with Crippen molar-refractivity contribution >= 4 is 15.9 Å². The molecular weight excluding hydrogens is 497 g/mol. The highest BCUT2D eigenvalue weighted by Crippen LogP contribution is 2.31. The average molecular weight is 522 g/mol. The van der Waals surface area contributed by atoms with E-state index in [0.717, 1.165) is 28.6 Å². The lowest BCUT2D eigenvalue weighted by Gasteiger charge is -2.34. The van der Waals surface area contributed by atoms with Crippen LogP contribution < -0.4 is 15.4 Å². The van der Waals surface area contributed by atoms with Gasteiger partial charge in [-0.25, -0.2) is 17.2 Å². The van der Waals surface area contributed by atoms with Crippen molar-refractivity contribution in [3.63, 3.8) is 0 Å². The number of carbonyl (C=O) groups excluding carboxylic acids is 1. The van der Waals surface area contributed by atoms with Gasteiger partial charge in [-0.2, -0.15) is 4.31 Å². The third-order valence-corrected chi connectivity index (χ3v) is 7.37. The summed E-state index contributed by atoms with van der Waals surface area (Å²) in [6, 6.07) is 8.04. The lowest BCUT2D eigenvalue weighted by molar-refractivity contribution is -0.274. The van der Waals surface area contributed by atoms with Crippen molar-refractivity contribution in [3.05, 3.63) is 59.7 Å².